The summed E-state index contributed by atoms with van der Waals surface area (Å²) >= 11 is 0. The van der Waals surface area contributed by atoms with Crippen LogP contribution in [0.3, 0.4) is 0 Å². The molecule has 0 unspecified atom stereocenters. The van der Waals surface area contributed by atoms with Gasteiger partial charge in [-0.25, -0.2) is 13.8 Å². The van der Waals surface area contributed by atoms with Crippen LogP contribution in [-0.2, 0) is 6.42 Å². The zero-order valence-corrected chi connectivity index (χ0v) is 15.4. The third kappa shape index (κ3) is 4.24. The van der Waals surface area contributed by atoms with Crippen molar-refractivity contribution in [2.24, 2.45) is 0 Å². The molecule has 0 atom stereocenters. The fourth-order valence-electron chi connectivity index (χ4n) is 3.07. The van der Waals surface area contributed by atoms with Gasteiger partial charge in [-0.05, 0) is 42.3 Å². The molecule has 0 aliphatic carbocycles. The second kappa shape index (κ2) is 8.10. The topological polar surface area (TPSA) is 69.8 Å². The Balaban J connectivity index is 1.33. The monoisotopic (exact) mass is 392 g/mol. The van der Waals surface area contributed by atoms with Gasteiger partial charge in [-0.1, -0.05) is 18.2 Å². The molecule has 1 amide bonds. The number of aromatic nitrogens is 2. The molecule has 0 fully saturated rings. The molecule has 0 aliphatic heterocycles. The molecule has 5 nitrogen and oxygen atoms in total. The van der Waals surface area contributed by atoms with E-state index in [-0.39, 0.29) is 5.69 Å². The van der Waals surface area contributed by atoms with Crippen LogP contribution in [0.2, 0.25) is 0 Å². The van der Waals surface area contributed by atoms with E-state index in [4.69, 9.17) is 0 Å². The van der Waals surface area contributed by atoms with E-state index in [1.54, 1.807) is 12.1 Å². The summed E-state index contributed by atoms with van der Waals surface area (Å²) in [5.74, 6) is -1.79. The molecule has 2 aromatic heterocycles. The number of halogens is 2. The number of nitrogens with one attached hydrogen (secondary N) is 3. The van der Waals surface area contributed by atoms with E-state index in [9.17, 15) is 13.6 Å². The first-order valence-corrected chi connectivity index (χ1v) is 9.11. The molecule has 7 heteroatoms. The molecule has 146 valence electrons. The summed E-state index contributed by atoms with van der Waals surface area (Å²) in [4.78, 5) is 19.7. The highest BCUT2D eigenvalue weighted by atomic mass is 19.2. The van der Waals surface area contributed by atoms with E-state index in [1.807, 2.05) is 24.4 Å². The van der Waals surface area contributed by atoms with Gasteiger partial charge in [0.15, 0.2) is 11.6 Å². The standard InChI is InChI=1S/C22H18F2N4O/c23-18-7-6-16(11-19(18)24)28-22(29)15-5-8-21(27-13-15)25-10-9-14-12-26-20-4-2-1-3-17(14)20/h1-8,11-13,26H,9-10H2,(H,25,27)(H,28,29). The number of hydrogen-bond acceptors (Lipinski definition) is 3. The molecule has 4 rings (SSSR count). The van der Waals surface area contributed by atoms with E-state index in [1.165, 1.54) is 23.2 Å². The SMILES string of the molecule is O=C(Nc1ccc(F)c(F)c1)c1ccc(NCCc2c[nH]c3ccccc23)nc1. The van der Waals surface area contributed by atoms with Gasteiger partial charge in [-0.2, -0.15) is 0 Å². The third-order valence-electron chi connectivity index (χ3n) is 4.58. The van der Waals surface area contributed by atoms with Gasteiger partial charge in [0.1, 0.15) is 5.82 Å². The zero-order valence-electron chi connectivity index (χ0n) is 15.4. The molecule has 0 aliphatic rings. The number of amides is 1. The molecule has 2 aromatic carbocycles. The Morgan fingerprint density at radius 3 is 2.69 bits per heavy atom. The first kappa shape index (κ1) is 18.6. The van der Waals surface area contributed by atoms with Crippen LogP contribution in [0.15, 0.2) is 67.0 Å². The zero-order chi connectivity index (χ0) is 20.2. The Bertz CT molecular complexity index is 1160. The number of H-pyrrole nitrogens is 1. The number of anilines is 2. The largest absolute Gasteiger partial charge is 0.370 e. The van der Waals surface area contributed by atoms with Crippen LogP contribution in [0.4, 0.5) is 20.3 Å². The van der Waals surface area contributed by atoms with Crippen molar-refractivity contribution in [1.82, 2.24) is 9.97 Å². The number of pyridine rings is 1. The van der Waals surface area contributed by atoms with Crippen LogP contribution in [-0.4, -0.2) is 22.4 Å². The molecular formula is C22H18F2N4O. The summed E-state index contributed by atoms with van der Waals surface area (Å²) in [6, 6.07) is 14.6. The predicted molar refractivity (Wildman–Crippen MR) is 109 cm³/mol. The van der Waals surface area contributed by atoms with Gasteiger partial charge >= 0.3 is 0 Å². The lowest BCUT2D eigenvalue weighted by atomic mass is 10.1. The van der Waals surface area contributed by atoms with Crippen molar-refractivity contribution >= 4 is 28.3 Å². The lowest BCUT2D eigenvalue weighted by Crippen LogP contribution is -2.13. The van der Waals surface area contributed by atoms with E-state index in [0.717, 1.165) is 24.1 Å². The normalized spacial score (nSPS) is 10.8. The number of rotatable bonds is 6. The number of aromatic amines is 1. The summed E-state index contributed by atoms with van der Waals surface area (Å²) in [5.41, 5.74) is 2.82. The van der Waals surface area contributed by atoms with Crippen molar-refractivity contribution in [3.63, 3.8) is 0 Å². The van der Waals surface area contributed by atoms with Crippen molar-refractivity contribution in [2.45, 2.75) is 6.42 Å². The van der Waals surface area contributed by atoms with Gasteiger partial charge in [-0.3, -0.25) is 4.79 Å². The molecule has 3 N–H and O–H groups in total. The summed E-state index contributed by atoms with van der Waals surface area (Å²) in [6.45, 7) is 0.690. The average molecular weight is 392 g/mol. The molecule has 0 bridgehead atoms. The number of fused-ring (bicyclic) bond motifs is 1. The average Bonchev–Trinajstić information content (AvgIpc) is 3.14. The number of benzene rings is 2. The maximum atomic E-state index is 13.2. The van der Waals surface area contributed by atoms with E-state index >= 15 is 0 Å². The Morgan fingerprint density at radius 1 is 1.03 bits per heavy atom. The van der Waals surface area contributed by atoms with Crippen molar-refractivity contribution in [3.05, 3.63) is 89.8 Å². The van der Waals surface area contributed by atoms with Gasteiger partial charge in [0.05, 0.1) is 5.56 Å². The Kier molecular flexibility index (Phi) is 5.20. The van der Waals surface area contributed by atoms with Crippen LogP contribution in [0.25, 0.3) is 10.9 Å². The van der Waals surface area contributed by atoms with Crippen molar-refractivity contribution < 1.29 is 13.6 Å². The molecule has 0 saturated carbocycles. The highest BCUT2D eigenvalue weighted by Gasteiger charge is 2.09. The van der Waals surface area contributed by atoms with Gasteiger partial charge in [0.2, 0.25) is 0 Å². The van der Waals surface area contributed by atoms with Crippen molar-refractivity contribution in [2.75, 3.05) is 17.2 Å². The van der Waals surface area contributed by atoms with E-state index < -0.39 is 17.5 Å². The van der Waals surface area contributed by atoms with Crippen molar-refractivity contribution in [1.29, 1.82) is 0 Å². The molecule has 0 radical (unpaired) electrons. The van der Waals surface area contributed by atoms with Gasteiger partial charge in [-0.15, -0.1) is 0 Å². The minimum Gasteiger partial charge on any atom is -0.370 e. The highest BCUT2D eigenvalue weighted by Crippen LogP contribution is 2.18. The summed E-state index contributed by atoms with van der Waals surface area (Å²) in [7, 11) is 0. The van der Waals surface area contributed by atoms with Crippen LogP contribution in [0.1, 0.15) is 15.9 Å². The number of nitrogens with zero attached hydrogens (tertiary/aromatic N) is 1. The van der Waals surface area contributed by atoms with E-state index in [2.05, 4.69) is 26.7 Å². The minimum absolute atomic E-state index is 0.176. The summed E-state index contributed by atoms with van der Waals surface area (Å²) < 4.78 is 26.2. The van der Waals surface area contributed by atoms with Gasteiger partial charge < -0.3 is 15.6 Å². The van der Waals surface area contributed by atoms with Gasteiger partial charge in [0.25, 0.3) is 5.91 Å². The fourth-order valence-corrected chi connectivity index (χ4v) is 3.07. The number of para-hydroxylation sites is 1. The summed E-state index contributed by atoms with van der Waals surface area (Å²) in [6.07, 6.45) is 4.26. The maximum Gasteiger partial charge on any atom is 0.257 e. The lowest BCUT2D eigenvalue weighted by molar-refractivity contribution is 0.102. The summed E-state index contributed by atoms with van der Waals surface area (Å²) in [5, 5.41) is 6.94. The second-order valence-corrected chi connectivity index (χ2v) is 6.55. The molecular weight excluding hydrogens is 374 g/mol. The van der Waals surface area contributed by atoms with Gasteiger partial charge in [0, 0.05) is 41.6 Å². The van der Waals surface area contributed by atoms with Crippen molar-refractivity contribution in [3.8, 4) is 0 Å². The van der Waals surface area contributed by atoms with E-state index in [0.29, 0.717) is 17.9 Å². The predicted octanol–water partition coefficient (Wildman–Crippen LogP) is 4.75. The van der Waals surface area contributed by atoms with Crippen LogP contribution in [0, 0.1) is 11.6 Å². The molecule has 0 saturated heterocycles. The first-order valence-electron chi connectivity index (χ1n) is 9.11. The Hall–Kier alpha value is -3.74. The number of hydrogen-bond donors (Lipinski definition) is 3. The van der Waals surface area contributed by atoms with Crippen LogP contribution >= 0.6 is 0 Å². The lowest BCUT2D eigenvalue weighted by Gasteiger charge is -2.08. The molecule has 2 heterocycles. The molecule has 4 aromatic rings. The van der Waals surface area contributed by atoms with Crippen LogP contribution in [0.5, 0.6) is 0 Å². The Labute approximate surface area is 165 Å². The second-order valence-electron chi connectivity index (χ2n) is 6.55. The smallest absolute Gasteiger partial charge is 0.257 e. The minimum atomic E-state index is -1.02. The third-order valence-corrected chi connectivity index (χ3v) is 4.58. The molecule has 29 heavy (non-hydrogen) atoms. The fraction of sp³-hybridized carbons (Fsp3) is 0.0909. The first-order chi connectivity index (χ1) is 14.1. The number of carbonyl (C=O) groups is 1. The van der Waals surface area contributed by atoms with Crippen LogP contribution < -0.4 is 10.6 Å². The maximum absolute atomic E-state index is 13.2. The quantitative estimate of drug-likeness (QED) is 0.444. The highest BCUT2D eigenvalue weighted by molar-refractivity contribution is 6.04. The molecule has 0 spiro atoms. The Morgan fingerprint density at radius 2 is 1.90 bits per heavy atom. The number of carbonyl (C=O) groups excluding carboxylic acids is 1.